The number of aromatic nitrogens is 2. The van der Waals surface area contributed by atoms with E-state index in [1.807, 2.05) is 64.4 Å². The highest BCUT2D eigenvalue weighted by Gasteiger charge is 2.36. The molecule has 1 aromatic heterocycles. The van der Waals surface area contributed by atoms with Crippen molar-refractivity contribution in [2.45, 2.75) is 39.2 Å². The lowest BCUT2D eigenvalue weighted by Gasteiger charge is -2.34. The molecule has 1 N–H and O–H groups in total. The number of morpholine rings is 1. The molecule has 8 nitrogen and oxygen atoms in total. The van der Waals surface area contributed by atoms with Gasteiger partial charge in [-0.2, -0.15) is 0 Å². The molecule has 0 radical (unpaired) electrons. The molecular formula is C28H31N5O3. The Labute approximate surface area is 211 Å². The molecule has 36 heavy (non-hydrogen) atoms. The number of nitrogens with zero attached hydrogens (tertiary/aromatic N) is 4. The monoisotopic (exact) mass is 485 g/mol. The molecule has 0 aliphatic carbocycles. The number of carbonyl (C=O) groups is 1. The molecule has 3 aliphatic heterocycles. The van der Waals surface area contributed by atoms with Gasteiger partial charge >= 0.3 is 0 Å². The Morgan fingerprint density at radius 3 is 2.72 bits per heavy atom. The third-order valence-corrected chi connectivity index (χ3v) is 6.69. The number of benzene rings is 1. The van der Waals surface area contributed by atoms with Gasteiger partial charge in [-0.15, -0.1) is 0 Å². The van der Waals surface area contributed by atoms with Crippen molar-refractivity contribution in [1.29, 1.82) is 0 Å². The van der Waals surface area contributed by atoms with E-state index in [0.29, 0.717) is 36.9 Å². The van der Waals surface area contributed by atoms with Gasteiger partial charge in [0, 0.05) is 48.3 Å². The van der Waals surface area contributed by atoms with Crippen molar-refractivity contribution >= 4 is 17.5 Å². The molecule has 186 valence electrons. The van der Waals surface area contributed by atoms with E-state index in [4.69, 9.17) is 14.5 Å². The maximum absolute atomic E-state index is 12.4. The molecule has 0 atom stereocenters. The summed E-state index contributed by atoms with van der Waals surface area (Å²) in [5, 5.41) is 3.31. The number of amides is 1. The number of hydrogen-bond donors (Lipinski definition) is 1. The number of likely N-dealkylation sites (N-methyl/N-ethyl adjacent to an activating group) is 1. The summed E-state index contributed by atoms with van der Waals surface area (Å²) in [7, 11) is 2.01. The van der Waals surface area contributed by atoms with Gasteiger partial charge in [0.25, 0.3) is 0 Å². The van der Waals surface area contributed by atoms with Gasteiger partial charge in [0.05, 0.1) is 23.6 Å². The average molecular weight is 486 g/mol. The van der Waals surface area contributed by atoms with Crippen molar-refractivity contribution in [2.24, 2.45) is 0 Å². The molecule has 4 heterocycles. The Hall–Kier alpha value is -4.07. The number of ether oxygens (including phenoxy) is 2. The van der Waals surface area contributed by atoms with Crippen LogP contribution in [0.5, 0.6) is 5.75 Å². The van der Waals surface area contributed by atoms with Crippen LogP contribution in [0.4, 0.5) is 11.6 Å². The van der Waals surface area contributed by atoms with E-state index in [1.165, 1.54) is 0 Å². The highest BCUT2D eigenvalue weighted by molar-refractivity contribution is 5.99. The number of rotatable bonds is 4. The van der Waals surface area contributed by atoms with E-state index < -0.39 is 5.60 Å². The molecule has 2 saturated heterocycles. The van der Waals surface area contributed by atoms with Gasteiger partial charge < -0.3 is 19.7 Å². The van der Waals surface area contributed by atoms with Crippen LogP contribution in [0.15, 0.2) is 72.6 Å². The smallest absolute Gasteiger partial charge is 0.231 e. The Morgan fingerprint density at radius 2 is 2.03 bits per heavy atom. The first-order valence-corrected chi connectivity index (χ1v) is 12.1. The fraction of sp³-hybridized carbons (Fsp3) is 0.321. The van der Waals surface area contributed by atoms with Gasteiger partial charge in [-0.1, -0.05) is 19.2 Å². The van der Waals surface area contributed by atoms with E-state index in [9.17, 15) is 4.79 Å². The number of allylic oxidation sites excluding steroid dienone is 3. The number of hydrogen-bond acceptors (Lipinski definition) is 7. The first-order valence-electron chi connectivity index (χ1n) is 12.1. The molecule has 0 bridgehead atoms. The molecule has 1 aromatic carbocycles. The highest BCUT2D eigenvalue weighted by atomic mass is 16.5. The number of anilines is 2. The largest absolute Gasteiger partial charge is 0.490 e. The zero-order valence-corrected chi connectivity index (χ0v) is 21.2. The van der Waals surface area contributed by atoms with Gasteiger partial charge in [0.2, 0.25) is 11.9 Å². The fourth-order valence-electron chi connectivity index (χ4n) is 4.73. The van der Waals surface area contributed by atoms with Gasteiger partial charge in [-0.05, 0) is 45.4 Å². The lowest BCUT2D eigenvalue weighted by Crippen LogP contribution is -2.31. The minimum absolute atomic E-state index is 0.0544. The quantitative estimate of drug-likeness (QED) is 0.646. The summed E-state index contributed by atoms with van der Waals surface area (Å²) in [6.07, 6.45) is 6.92. The van der Waals surface area contributed by atoms with Crippen molar-refractivity contribution in [1.82, 2.24) is 14.9 Å². The lowest BCUT2D eigenvalue weighted by molar-refractivity contribution is -0.116. The first kappa shape index (κ1) is 23.7. The molecule has 5 rings (SSSR count). The number of fused-ring (bicyclic) bond motifs is 3. The van der Waals surface area contributed by atoms with Crippen LogP contribution in [0, 0.1) is 0 Å². The van der Waals surface area contributed by atoms with Crippen LogP contribution in [0.2, 0.25) is 0 Å². The Bertz CT molecular complexity index is 1320. The van der Waals surface area contributed by atoms with E-state index in [2.05, 4.69) is 28.4 Å². The summed E-state index contributed by atoms with van der Waals surface area (Å²) in [6, 6.07) is 5.78. The van der Waals surface area contributed by atoms with Crippen LogP contribution < -0.4 is 15.0 Å². The summed E-state index contributed by atoms with van der Waals surface area (Å²) in [5.74, 6) is 1.86. The summed E-state index contributed by atoms with van der Waals surface area (Å²) in [6.45, 7) is 15.4. The number of nitrogens with one attached hydrogen (secondary N) is 1. The van der Waals surface area contributed by atoms with E-state index in [1.54, 1.807) is 4.90 Å². The van der Waals surface area contributed by atoms with Gasteiger partial charge in [-0.3, -0.25) is 9.69 Å². The molecular weight excluding hydrogens is 454 g/mol. The molecule has 2 fully saturated rings. The lowest BCUT2D eigenvalue weighted by atomic mass is 9.91. The predicted octanol–water partition coefficient (Wildman–Crippen LogP) is 5.09. The molecule has 2 aromatic rings. The first-order chi connectivity index (χ1) is 17.2. The van der Waals surface area contributed by atoms with Crippen LogP contribution in [0.3, 0.4) is 0 Å². The minimum atomic E-state index is -0.702. The second-order valence-corrected chi connectivity index (χ2v) is 9.64. The second-order valence-electron chi connectivity index (χ2n) is 9.64. The molecule has 0 unspecified atom stereocenters. The van der Waals surface area contributed by atoms with Crippen LogP contribution >= 0.6 is 0 Å². The minimum Gasteiger partial charge on any atom is -0.490 e. The van der Waals surface area contributed by atoms with E-state index in [0.717, 1.165) is 46.1 Å². The predicted molar refractivity (Wildman–Crippen MR) is 140 cm³/mol. The highest BCUT2D eigenvalue weighted by Crippen LogP contribution is 2.46. The van der Waals surface area contributed by atoms with Crippen LogP contribution in [-0.4, -0.2) is 41.0 Å². The number of carbonyl (C=O) groups excluding carboxylic acids is 1. The summed E-state index contributed by atoms with van der Waals surface area (Å²) < 4.78 is 12.0. The van der Waals surface area contributed by atoms with Crippen molar-refractivity contribution < 1.29 is 14.3 Å². The Kier molecular flexibility index (Phi) is 5.82. The average Bonchev–Trinajstić information content (AvgIpc) is 3.18. The Morgan fingerprint density at radius 1 is 1.22 bits per heavy atom. The third-order valence-electron chi connectivity index (χ3n) is 6.69. The zero-order valence-electron chi connectivity index (χ0n) is 21.2. The van der Waals surface area contributed by atoms with Gasteiger partial charge in [0.1, 0.15) is 23.7 Å². The topological polar surface area (TPSA) is 79.8 Å². The van der Waals surface area contributed by atoms with Crippen LogP contribution in [-0.2, 0) is 15.1 Å². The SMILES string of the molecule is C=C1OCCN(C)/C1=C/C(=CC)Nc1ncc2c(n1)C(C)(C)Oc1cc(N3C(=C)CCC3=O)ccc1-2. The van der Waals surface area contributed by atoms with E-state index in [-0.39, 0.29) is 5.91 Å². The van der Waals surface area contributed by atoms with Crippen LogP contribution in [0.1, 0.15) is 39.3 Å². The maximum atomic E-state index is 12.4. The van der Waals surface area contributed by atoms with E-state index >= 15 is 0 Å². The second kappa shape index (κ2) is 8.86. The van der Waals surface area contributed by atoms with Crippen molar-refractivity contribution in [2.75, 3.05) is 30.4 Å². The van der Waals surface area contributed by atoms with Crippen molar-refractivity contribution in [3.63, 3.8) is 0 Å². The van der Waals surface area contributed by atoms with Gasteiger partial charge in [0.15, 0.2) is 0 Å². The standard InChI is InChI=1S/C28H31N5O3/c1-7-19(14-23-18(3)35-13-12-32(23)6)30-27-29-16-22-21-10-9-20(33-17(2)8-11-25(33)34)15-24(21)36-28(4,5)26(22)31-27/h7,9-10,14-16H,2-3,8,11-13H2,1,4-6H3,(H,29,30,31)/b19-7?,23-14+. The normalized spacial score (nSPS) is 20.2. The zero-order chi connectivity index (χ0) is 25.6. The molecule has 0 saturated carbocycles. The van der Waals surface area contributed by atoms with Crippen molar-refractivity contribution in [3.05, 3.63) is 78.3 Å². The fourth-order valence-corrected chi connectivity index (χ4v) is 4.73. The summed E-state index contributed by atoms with van der Waals surface area (Å²) in [4.78, 5) is 25.6. The molecule has 8 heteroatoms. The Balaban J connectivity index is 1.46. The molecule has 0 spiro atoms. The molecule has 3 aliphatic rings. The maximum Gasteiger partial charge on any atom is 0.231 e. The third kappa shape index (κ3) is 4.12. The summed E-state index contributed by atoms with van der Waals surface area (Å²) >= 11 is 0. The summed E-state index contributed by atoms with van der Waals surface area (Å²) in [5.41, 5.74) is 5.19. The van der Waals surface area contributed by atoms with Gasteiger partial charge in [-0.25, -0.2) is 9.97 Å². The van der Waals surface area contributed by atoms with Crippen LogP contribution in [0.25, 0.3) is 11.1 Å². The molecule has 1 amide bonds. The van der Waals surface area contributed by atoms with Crippen molar-refractivity contribution in [3.8, 4) is 16.9 Å².